The lowest BCUT2D eigenvalue weighted by Gasteiger charge is -2.01. The molecule has 0 spiro atoms. The van der Waals surface area contributed by atoms with Gasteiger partial charge in [0.1, 0.15) is 17.7 Å². The average molecular weight is 256 g/mol. The molecule has 96 valence electrons. The zero-order valence-electron chi connectivity index (χ0n) is 10.1. The van der Waals surface area contributed by atoms with Crippen molar-refractivity contribution in [2.75, 3.05) is 6.54 Å². The average Bonchev–Trinajstić information content (AvgIpc) is 2.96. The molecular weight excluding hydrogens is 244 g/mol. The van der Waals surface area contributed by atoms with Crippen molar-refractivity contribution in [2.24, 2.45) is 5.73 Å². The van der Waals surface area contributed by atoms with E-state index in [4.69, 9.17) is 5.73 Å². The lowest BCUT2D eigenvalue weighted by molar-refractivity contribution is 0.0945. The Bertz CT molecular complexity index is 594. The largest absolute Gasteiger partial charge is 0.364 e. The molecule has 2 rings (SSSR count). The van der Waals surface area contributed by atoms with E-state index in [0.29, 0.717) is 24.5 Å². The Balaban J connectivity index is 1.95. The zero-order chi connectivity index (χ0) is 13.5. The third-order valence-electron chi connectivity index (χ3n) is 2.25. The number of aromatic nitrogens is 2. The highest BCUT2D eigenvalue weighted by molar-refractivity contribution is 5.92. The normalized spacial score (nSPS) is 9.53. The topological polar surface area (TPSA) is 94.0 Å². The first kappa shape index (κ1) is 12.8. The Morgan fingerprint density at radius 1 is 1.42 bits per heavy atom. The fourth-order valence-electron chi connectivity index (χ4n) is 1.35. The minimum atomic E-state index is -0.277. The lowest BCUT2D eigenvalue weighted by Crippen LogP contribution is -2.23. The molecule has 0 unspecified atom stereocenters. The van der Waals surface area contributed by atoms with Gasteiger partial charge in [-0.15, -0.1) is 0 Å². The van der Waals surface area contributed by atoms with Crippen LogP contribution in [0.3, 0.4) is 0 Å². The summed E-state index contributed by atoms with van der Waals surface area (Å²) in [6, 6.07) is 5.01. The molecule has 0 aromatic carbocycles. The molecule has 0 aliphatic rings. The summed E-state index contributed by atoms with van der Waals surface area (Å²) < 4.78 is 4.66. The second-order valence-electron chi connectivity index (χ2n) is 3.61. The van der Waals surface area contributed by atoms with Crippen LogP contribution in [0.4, 0.5) is 0 Å². The van der Waals surface area contributed by atoms with Crippen molar-refractivity contribution in [2.45, 2.75) is 6.54 Å². The van der Waals surface area contributed by atoms with Gasteiger partial charge in [-0.3, -0.25) is 4.79 Å². The van der Waals surface area contributed by atoms with Gasteiger partial charge in [0.2, 0.25) is 0 Å². The van der Waals surface area contributed by atoms with E-state index in [0.717, 1.165) is 5.56 Å². The molecule has 2 aromatic rings. The van der Waals surface area contributed by atoms with Crippen LogP contribution >= 0.6 is 0 Å². The summed E-state index contributed by atoms with van der Waals surface area (Å²) in [5.74, 6) is 5.27. The van der Waals surface area contributed by atoms with Crippen molar-refractivity contribution in [1.29, 1.82) is 0 Å². The van der Waals surface area contributed by atoms with Gasteiger partial charge in [0.15, 0.2) is 0 Å². The number of carbonyl (C=O) groups excluding carboxylic acids is 1. The van der Waals surface area contributed by atoms with Gasteiger partial charge in [0.25, 0.3) is 5.91 Å². The molecule has 2 aromatic heterocycles. The molecule has 0 radical (unpaired) electrons. The van der Waals surface area contributed by atoms with Crippen LogP contribution < -0.4 is 11.1 Å². The molecule has 6 heteroatoms. The van der Waals surface area contributed by atoms with E-state index in [2.05, 4.69) is 31.8 Å². The van der Waals surface area contributed by atoms with E-state index >= 15 is 0 Å². The second-order valence-corrected chi connectivity index (χ2v) is 3.61. The molecule has 0 aliphatic heterocycles. The van der Waals surface area contributed by atoms with E-state index < -0.39 is 0 Å². The van der Waals surface area contributed by atoms with E-state index in [9.17, 15) is 4.79 Å². The summed E-state index contributed by atoms with van der Waals surface area (Å²) in [6.45, 7) is 0.589. The Morgan fingerprint density at radius 3 is 2.95 bits per heavy atom. The molecule has 2 heterocycles. The summed E-state index contributed by atoms with van der Waals surface area (Å²) in [5.41, 5.74) is 6.96. The van der Waals surface area contributed by atoms with Gasteiger partial charge in [-0.25, -0.2) is 4.98 Å². The van der Waals surface area contributed by atoms with Crippen molar-refractivity contribution in [3.8, 4) is 11.8 Å². The van der Waals surface area contributed by atoms with Crippen LogP contribution in [0.25, 0.3) is 0 Å². The maximum absolute atomic E-state index is 11.8. The van der Waals surface area contributed by atoms with Crippen LogP contribution in [-0.2, 0) is 6.54 Å². The molecular formula is C13H12N4O2. The highest BCUT2D eigenvalue weighted by Crippen LogP contribution is 2.00. The van der Waals surface area contributed by atoms with Gasteiger partial charge in [0, 0.05) is 17.8 Å². The maximum Gasteiger partial charge on any atom is 0.270 e. The van der Waals surface area contributed by atoms with Gasteiger partial charge in [-0.1, -0.05) is 17.0 Å². The van der Waals surface area contributed by atoms with Gasteiger partial charge in [0.05, 0.1) is 13.1 Å². The Labute approximate surface area is 110 Å². The monoisotopic (exact) mass is 256 g/mol. The SMILES string of the molecule is NCC#Cc1ccc(C(=O)NCc2ccon2)nc1. The van der Waals surface area contributed by atoms with Gasteiger partial charge < -0.3 is 15.6 Å². The number of hydrogen-bond acceptors (Lipinski definition) is 5. The molecule has 0 aliphatic carbocycles. The number of carbonyl (C=O) groups is 1. The number of nitrogens with two attached hydrogens (primary N) is 1. The highest BCUT2D eigenvalue weighted by Gasteiger charge is 2.07. The summed E-state index contributed by atoms with van der Waals surface area (Å²) in [7, 11) is 0. The summed E-state index contributed by atoms with van der Waals surface area (Å²) in [5, 5.41) is 6.37. The van der Waals surface area contributed by atoms with Crippen molar-refractivity contribution < 1.29 is 9.32 Å². The lowest BCUT2D eigenvalue weighted by atomic mass is 10.2. The fourth-order valence-corrected chi connectivity index (χ4v) is 1.35. The molecule has 0 bridgehead atoms. The first-order chi connectivity index (χ1) is 9.29. The van der Waals surface area contributed by atoms with Crippen molar-refractivity contribution in [3.63, 3.8) is 0 Å². The zero-order valence-corrected chi connectivity index (χ0v) is 10.1. The second kappa shape index (κ2) is 6.33. The molecule has 3 N–H and O–H groups in total. The number of hydrogen-bond donors (Lipinski definition) is 2. The smallest absolute Gasteiger partial charge is 0.270 e. The minimum absolute atomic E-state index is 0.277. The summed E-state index contributed by atoms with van der Waals surface area (Å²) in [4.78, 5) is 15.8. The van der Waals surface area contributed by atoms with Crippen molar-refractivity contribution >= 4 is 5.91 Å². The van der Waals surface area contributed by atoms with E-state index in [-0.39, 0.29) is 5.91 Å². The number of amides is 1. The van der Waals surface area contributed by atoms with Crippen molar-refractivity contribution in [1.82, 2.24) is 15.5 Å². The number of rotatable bonds is 3. The molecule has 0 atom stereocenters. The first-order valence-electron chi connectivity index (χ1n) is 5.62. The van der Waals surface area contributed by atoms with E-state index in [1.54, 1.807) is 18.2 Å². The predicted molar refractivity (Wildman–Crippen MR) is 67.8 cm³/mol. The van der Waals surface area contributed by atoms with Crippen LogP contribution in [0.5, 0.6) is 0 Å². The Morgan fingerprint density at radius 2 is 2.32 bits per heavy atom. The molecule has 0 saturated heterocycles. The van der Waals surface area contributed by atoms with Crippen LogP contribution in [-0.4, -0.2) is 22.6 Å². The quantitative estimate of drug-likeness (QED) is 0.771. The molecule has 0 saturated carbocycles. The van der Waals surface area contributed by atoms with Gasteiger partial charge >= 0.3 is 0 Å². The standard InChI is InChI=1S/C13H12N4O2/c14-6-1-2-10-3-4-12(15-8-10)13(18)16-9-11-5-7-19-17-11/h3-5,7-8H,6,9,14H2,(H,16,18). The summed E-state index contributed by atoms with van der Waals surface area (Å²) >= 11 is 0. The number of nitrogens with one attached hydrogen (secondary N) is 1. The van der Waals surface area contributed by atoms with Crippen molar-refractivity contribution in [3.05, 3.63) is 47.6 Å². The molecule has 1 amide bonds. The van der Waals surface area contributed by atoms with Crippen LogP contribution in [0.2, 0.25) is 0 Å². The van der Waals surface area contributed by atoms with Crippen LogP contribution in [0.1, 0.15) is 21.7 Å². The fraction of sp³-hybridized carbons (Fsp3) is 0.154. The third-order valence-corrected chi connectivity index (χ3v) is 2.25. The number of nitrogens with zero attached hydrogens (tertiary/aromatic N) is 2. The summed E-state index contributed by atoms with van der Waals surface area (Å²) in [6.07, 6.45) is 2.98. The van der Waals surface area contributed by atoms with Crippen LogP contribution in [0, 0.1) is 11.8 Å². The third kappa shape index (κ3) is 3.66. The Hall–Kier alpha value is -2.65. The molecule has 6 nitrogen and oxygen atoms in total. The highest BCUT2D eigenvalue weighted by atomic mass is 16.5. The maximum atomic E-state index is 11.8. The van der Waals surface area contributed by atoms with Gasteiger partial charge in [-0.2, -0.15) is 0 Å². The minimum Gasteiger partial charge on any atom is -0.364 e. The number of pyridine rings is 1. The predicted octanol–water partition coefficient (Wildman–Crippen LogP) is 0.310. The molecule has 19 heavy (non-hydrogen) atoms. The molecule has 0 fully saturated rings. The van der Waals surface area contributed by atoms with E-state index in [1.807, 2.05) is 0 Å². The first-order valence-corrected chi connectivity index (χ1v) is 5.62. The van der Waals surface area contributed by atoms with Gasteiger partial charge in [-0.05, 0) is 12.1 Å². The van der Waals surface area contributed by atoms with Crippen LogP contribution in [0.15, 0.2) is 35.2 Å². The Kier molecular flexibility index (Phi) is 4.26. The van der Waals surface area contributed by atoms with E-state index in [1.165, 1.54) is 12.5 Å².